The van der Waals surface area contributed by atoms with Crippen molar-refractivity contribution in [3.63, 3.8) is 0 Å². The Kier molecular flexibility index (Phi) is 5.41. The molecule has 3 aromatic rings. The molecule has 1 aliphatic rings. The molecule has 1 aliphatic carbocycles. The number of imidazole rings is 1. The van der Waals surface area contributed by atoms with Crippen LogP contribution in [0.3, 0.4) is 0 Å². The van der Waals surface area contributed by atoms with Crippen LogP contribution in [0.25, 0.3) is 16.9 Å². The van der Waals surface area contributed by atoms with E-state index in [1.807, 2.05) is 34.9 Å². The molecule has 8 nitrogen and oxygen atoms in total. The molecule has 2 aromatic heterocycles. The number of anilines is 1. The molecular weight excluding hydrogens is 370 g/mol. The summed E-state index contributed by atoms with van der Waals surface area (Å²) >= 11 is 0. The monoisotopic (exact) mass is 393 g/mol. The van der Waals surface area contributed by atoms with Gasteiger partial charge in [-0.1, -0.05) is 12.1 Å². The largest absolute Gasteiger partial charge is 0.469 e. The fourth-order valence-electron chi connectivity index (χ4n) is 3.09. The minimum absolute atomic E-state index is 0.0279. The maximum Gasteiger partial charge on any atom is 0.305 e. The Morgan fingerprint density at radius 2 is 2.00 bits per heavy atom. The number of amides is 1. The first-order chi connectivity index (χ1) is 14.2. The van der Waals surface area contributed by atoms with Gasteiger partial charge in [0.25, 0.3) is 5.91 Å². The average molecular weight is 393 g/mol. The van der Waals surface area contributed by atoms with Gasteiger partial charge in [-0.3, -0.25) is 14.0 Å². The molecule has 1 saturated carbocycles. The lowest BCUT2D eigenvalue weighted by Crippen LogP contribution is -2.25. The summed E-state index contributed by atoms with van der Waals surface area (Å²) in [5.41, 5.74) is 3.23. The first-order valence-electron chi connectivity index (χ1n) is 9.70. The molecule has 0 aliphatic heterocycles. The number of hydrogen-bond donors (Lipinski definition) is 2. The lowest BCUT2D eigenvalue weighted by Gasteiger charge is -2.08. The van der Waals surface area contributed by atoms with E-state index in [1.165, 1.54) is 7.11 Å². The highest BCUT2D eigenvalue weighted by molar-refractivity contribution is 5.95. The van der Waals surface area contributed by atoms with Gasteiger partial charge in [-0.2, -0.15) is 0 Å². The van der Waals surface area contributed by atoms with Gasteiger partial charge in [-0.25, -0.2) is 9.97 Å². The van der Waals surface area contributed by atoms with E-state index < -0.39 is 0 Å². The molecule has 1 amide bonds. The Labute approximate surface area is 168 Å². The molecule has 2 N–H and O–H groups in total. The first kappa shape index (κ1) is 18.9. The summed E-state index contributed by atoms with van der Waals surface area (Å²) < 4.78 is 6.60. The van der Waals surface area contributed by atoms with Crippen molar-refractivity contribution in [3.8, 4) is 11.3 Å². The zero-order valence-electron chi connectivity index (χ0n) is 16.2. The highest BCUT2D eigenvalue weighted by Crippen LogP contribution is 2.24. The standard InChI is InChI=1S/C21H23N5O3/c1-29-18(27)3-2-10-22-19-20-24-13-17(26(20)12-11-23-19)14-4-6-15(7-5-14)21(28)25-16-8-9-16/h4-7,11-13,16H,2-3,8-10H2,1H3,(H,22,23)(H,25,28). The fraction of sp³-hybridized carbons (Fsp3) is 0.333. The topological polar surface area (TPSA) is 97.6 Å². The van der Waals surface area contributed by atoms with Crippen molar-refractivity contribution < 1.29 is 14.3 Å². The van der Waals surface area contributed by atoms with Crippen LogP contribution in [0, 0.1) is 0 Å². The average Bonchev–Trinajstić information content (AvgIpc) is 3.46. The molecule has 0 saturated heterocycles. The Morgan fingerprint density at radius 3 is 2.72 bits per heavy atom. The number of hydrogen-bond acceptors (Lipinski definition) is 6. The maximum absolute atomic E-state index is 12.2. The van der Waals surface area contributed by atoms with Crippen molar-refractivity contribution >= 4 is 23.3 Å². The van der Waals surface area contributed by atoms with Gasteiger partial charge in [0.1, 0.15) is 0 Å². The van der Waals surface area contributed by atoms with Crippen LogP contribution in [0.15, 0.2) is 42.9 Å². The minimum atomic E-state index is -0.227. The summed E-state index contributed by atoms with van der Waals surface area (Å²) in [7, 11) is 1.39. The van der Waals surface area contributed by atoms with Crippen molar-refractivity contribution in [1.29, 1.82) is 0 Å². The third-order valence-corrected chi connectivity index (χ3v) is 4.86. The van der Waals surface area contributed by atoms with E-state index in [2.05, 4.69) is 25.3 Å². The molecule has 29 heavy (non-hydrogen) atoms. The quantitative estimate of drug-likeness (QED) is 0.451. The summed E-state index contributed by atoms with van der Waals surface area (Å²) in [5.74, 6) is 0.402. The SMILES string of the molecule is COC(=O)CCCNc1nccn2c(-c3ccc(C(=O)NC4CC4)cc3)cnc12. The van der Waals surface area contributed by atoms with Crippen LogP contribution in [0.2, 0.25) is 0 Å². The number of rotatable bonds is 8. The van der Waals surface area contributed by atoms with Crippen LogP contribution < -0.4 is 10.6 Å². The maximum atomic E-state index is 12.2. The third kappa shape index (κ3) is 4.37. The molecule has 150 valence electrons. The number of carbonyl (C=O) groups excluding carboxylic acids is 2. The predicted molar refractivity (Wildman–Crippen MR) is 109 cm³/mol. The van der Waals surface area contributed by atoms with Gasteiger partial charge in [0.05, 0.1) is 19.0 Å². The van der Waals surface area contributed by atoms with Gasteiger partial charge < -0.3 is 15.4 Å². The summed E-state index contributed by atoms with van der Waals surface area (Å²) in [6, 6.07) is 7.86. The number of fused-ring (bicyclic) bond motifs is 1. The smallest absolute Gasteiger partial charge is 0.305 e. The molecule has 4 rings (SSSR count). The van der Waals surface area contributed by atoms with Gasteiger partial charge in [-0.15, -0.1) is 0 Å². The van der Waals surface area contributed by atoms with Crippen molar-refractivity contribution in [1.82, 2.24) is 19.7 Å². The van der Waals surface area contributed by atoms with Crippen LogP contribution in [0.1, 0.15) is 36.0 Å². The summed E-state index contributed by atoms with van der Waals surface area (Å²) in [6.07, 6.45) is 8.48. The minimum Gasteiger partial charge on any atom is -0.469 e. The number of ether oxygens (including phenoxy) is 1. The lowest BCUT2D eigenvalue weighted by atomic mass is 10.1. The third-order valence-electron chi connectivity index (χ3n) is 4.86. The molecule has 0 radical (unpaired) electrons. The number of esters is 1. The second-order valence-corrected chi connectivity index (χ2v) is 7.04. The van der Waals surface area contributed by atoms with Crippen LogP contribution in [0.5, 0.6) is 0 Å². The molecule has 8 heteroatoms. The molecule has 2 heterocycles. The van der Waals surface area contributed by atoms with Crippen LogP contribution in [0.4, 0.5) is 5.82 Å². The Hall–Kier alpha value is -3.42. The summed E-state index contributed by atoms with van der Waals surface area (Å²) in [5, 5.41) is 6.22. The number of nitrogens with zero attached hydrogens (tertiary/aromatic N) is 3. The van der Waals surface area contributed by atoms with E-state index in [-0.39, 0.29) is 11.9 Å². The number of aromatic nitrogens is 3. The van der Waals surface area contributed by atoms with Crippen molar-refractivity contribution in [2.24, 2.45) is 0 Å². The van der Waals surface area contributed by atoms with Gasteiger partial charge in [0.2, 0.25) is 0 Å². The summed E-state index contributed by atoms with van der Waals surface area (Å²) in [4.78, 5) is 32.2. The van der Waals surface area contributed by atoms with E-state index in [0.717, 1.165) is 24.1 Å². The number of nitrogens with one attached hydrogen (secondary N) is 2. The zero-order chi connectivity index (χ0) is 20.2. The first-order valence-corrected chi connectivity index (χ1v) is 9.70. The molecule has 0 bridgehead atoms. The van der Waals surface area contributed by atoms with Gasteiger partial charge in [0, 0.05) is 42.5 Å². The van der Waals surface area contributed by atoms with Crippen molar-refractivity contribution in [2.75, 3.05) is 19.0 Å². The highest BCUT2D eigenvalue weighted by atomic mass is 16.5. The second-order valence-electron chi connectivity index (χ2n) is 7.04. The molecule has 1 fully saturated rings. The van der Waals surface area contributed by atoms with Gasteiger partial charge in [0.15, 0.2) is 11.5 Å². The van der Waals surface area contributed by atoms with Crippen molar-refractivity contribution in [3.05, 3.63) is 48.4 Å². The van der Waals surface area contributed by atoms with E-state index >= 15 is 0 Å². The number of carbonyl (C=O) groups is 2. The van der Waals surface area contributed by atoms with Gasteiger partial charge >= 0.3 is 5.97 Å². The Balaban J connectivity index is 1.48. The van der Waals surface area contributed by atoms with Crippen LogP contribution in [-0.4, -0.2) is 45.9 Å². The normalized spacial score (nSPS) is 13.3. The highest BCUT2D eigenvalue weighted by Gasteiger charge is 2.23. The molecule has 0 unspecified atom stereocenters. The van der Waals surface area contributed by atoms with E-state index in [1.54, 1.807) is 12.4 Å². The lowest BCUT2D eigenvalue weighted by molar-refractivity contribution is -0.140. The number of methoxy groups -OCH3 is 1. The van der Waals surface area contributed by atoms with Crippen LogP contribution >= 0.6 is 0 Å². The van der Waals surface area contributed by atoms with Crippen LogP contribution in [-0.2, 0) is 9.53 Å². The Bertz CT molecular complexity index is 1020. The molecule has 0 spiro atoms. The van der Waals surface area contributed by atoms with Crippen molar-refractivity contribution in [2.45, 2.75) is 31.7 Å². The van der Waals surface area contributed by atoms with E-state index in [0.29, 0.717) is 42.5 Å². The molecule has 0 atom stereocenters. The van der Waals surface area contributed by atoms with E-state index in [9.17, 15) is 9.59 Å². The predicted octanol–water partition coefficient (Wildman–Crippen LogP) is 2.65. The number of benzene rings is 1. The van der Waals surface area contributed by atoms with Gasteiger partial charge in [-0.05, 0) is 31.4 Å². The fourth-order valence-corrected chi connectivity index (χ4v) is 3.09. The Morgan fingerprint density at radius 1 is 1.21 bits per heavy atom. The summed E-state index contributed by atoms with van der Waals surface area (Å²) in [6.45, 7) is 0.592. The zero-order valence-corrected chi connectivity index (χ0v) is 16.2. The van der Waals surface area contributed by atoms with E-state index in [4.69, 9.17) is 0 Å². The molecule has 1 aromatic carbocycles. The second kappa shape index (κ2) is 8.30. The molecular formula is C21H23N5O3.